The van der Waals surface area contributed by atoms with E-state index in [2.05, 4.69) is 19.2 Å². The van der Waals surface area contributed by atoms with Crippen molar-refractivity contribution in [3.05, 3.63) is 0 Å². The van der Waals surface area contributed by atoms with Crippen LogP contribution >= 0.6 is 0 Å². The molecular formula is C9H20N2O2S. The summed E-state index contributed by atoms with van der Waals surface area (Å²) < 4.78 is 21.3. The number of primary sulfonamides is 1. The highest BCUT2D eigenvalue weighted by molar-refractivity contribution is 7.89. The number of hydrogen-bond acceptors (Lipinski definition) is 3. The molecule has 0 aromatic rings. The number of sulfonamides is 1. The molecule has 1 fully saturated rings. The maximum Gasteiger partial charge on any atom is 0.210 e. The van der Waals surface area contributed by atoms with Crippen molar-refractivity contribution in [1.82, 2.24) is 5.32 Å². The van der Waals surface area contributed by atoms with Gasteiger partial charge in [-0.15, -0.1) is 0 Å². The lowest BCUT2D eigenvalue weighted by Crippen LogP contribution is -2.44. The average Bonchev–Trinajstić information content (AvgIpc) is 1.90. The maximum atomic E-state index is 10.6. The zero-order valence-electron chi connectivity index (χ0n) is 8.86. The number of nitrogens with one attached hydrogen (secondary N) is 1. The van der Waals surface area contributed by atoms with E-state index in [1.54, 1.807) is 0 Å². The Hall–Kier alpha value is -0.130. The summed E-state index contributed by atoms with van der Waals surface area (Å²) >= 11 is 0. The first-order chi connectivity index (χ1) is 6.38. The second-order valence-electron chi connectivity index (χ2n) is 4.49. The highest BCUT2D eigenvalue weighted by Crippen LogP contribution is 2.33. The molecule has 1 rings (SSSR count). The van der Waals surface area contributed by atoms with Crippen LogP contribution in [0, 0.1) is 11.8 Å². The third-order valence-electron chi connectivity index (χ3n) is 2.94. The predicted molar refractivity (Wildman–Crippen MR) is 57.3 cm³/mol. The summed E-state index contributed by atoms with van der Waals surface area (Å²) in [6.07, 6.45) is 2.34. The zero-order valence-corrected chi connectivity index (χ0v) is 9.68. The van der Waals surface area contributed by atoms with Gasteiger partial charge in [-0.05, 0) is 24.7 Å². The molecule has 0 heterocycles. The van der Waals surface area contributed by atoms with Crippen LogP contribution in [0.1, 0.15) is 26.7 Å². The molecule has 1 saturated carbocycles. The molecule has 0 bridgehead atoms. The van der Waals surface area contributed by atoms with Crippen LogP contribution in [0.25, 0.3) is 0 Å². The second kappa shape index (κ2) is 4.59. The van der Waals surface area contributed by atoms with E-state index in [1.807, 2.05) is 0 Å². The standard InChI is InChI=1S/C9H20N2O2S/c1-7(2)8-5-9(6-8)11-3-4-14(10,12)13/h7-9,11H,3-6H2,1-2H3,(H2,10,12,13). The summed E-state index contributed by atoms with van der Waals surface area (Å²) in [4.78, 5) is 0. The van der Waals surface area contributed by atoms with Gasteiger partial charge in [0, 0.05) is 12.6 Å². The third kappa shape index (κ3) is 3.94. The Bertz CT molecular complexity index is 269. The molecule has 4 nitrogen and oxygen atoms in total. The van der Waals surface area contributed by atoms with Gasteiger partial charge in [-0.3, -0.25) is 0 Å². The lowest BCUT2D eigenvalue weighted by atomic mass is 9.74. The first-order valence-electron chi connectivity index (χ1n) is 5.12. The Morgan fingerprint density at radius 3 is 2.43 bits per heavy atom. The molecule has 0 spiro atoms. The number of hydrogen-bond donors (Lipinski definition) is 2. The Morgan fingerprint density at radius 2 is 2.00 bits per heavy atom. The van der Waals surface area contributed by atoms with Crippen molar-refractivity contribution in [3.8, 4) is 0 Å². The highest BCUT2D eigenvalue weighted by Gasteiger charge is 2.30. The molecule has 0 aromatic heterocycles. The molecule has 0 amide bonds. The molecule has 1 aliphatic rings. The first kappa shape index (κ1) is 11.9. The molecule has 0 unspecified atom stereocenters. The number of nitrogens with two attached hydrogens (primary N) is 1. The van der Waals surface area contributed by atoms with Crippen molar-refractivity contribution >= 4 is 10.0 Å². The topological polar surface area (TPSA) is 72.2 Å². The minimum atomic E-state index is -3.30. The van der Waals surface area contributed by atoms with Gasteiger partial charge in [0.05, 0.1) is 5.75 Å². The number of rotatable bonds is 5. The Kier molecular flexibility index (Phi) is 3.92. The third-order valence-corrected chi connectivity index (χ3v) is 3.71. The van der Waals surface area contributed by atoms with E-state index in [9.17, 15) is 8.42 Å². The predicted octanol–water partition coefficient (Wildman–Crippen LogP) is 0.299. The molecule has 0 aliphatic heterocycles. The normalized spacial score (nSPS) is 27.7. The van der Waals surface area contributed by atoms with E-state index < -0.39 is 10.0 Å². The average molecular weight is 220 g/mol. The van der Waals surface area contributed by atoms with Gasteiger partial charge in [0.15, 0.2) is 0 Å². The van der Waals surface area contributed by atoms with E-state index >= 15 is 0 Å². The smallest absolute Gasteiger partial charge is 0.210 e. The van der Waals surface area contributed by atoms with Crippen LogP contribution in [0.15, 0.2) is 0 Å². The molecule has 0 atom stereocenters. The van der Waals surface area contributed by atoms with Crippen LogP contribution in [-0.4, -0.2) is 26.8 Å². The summed E-state index contributed by atoms with van der Waals surface area (Å²) in [6, 6.07) is 0.504. The highest BCUT2D eigenvalue weighted by atomic mass is 32.2. The van der Waals surface area contributed by atoms with Crippen LogP contribution in [-0.2, 0) is 10.0 Å². The van der Waals surface area contributed by atoms with Crippen molar-refractivity contribution < 1.29 is 8.42 Å². The molecule has 5 heteroatoms. The lowest BCUT2D eigenvalue weighted by molar-refractivity contribution is 0.171. The van der Waals surface area contributed by atoms with Gasteiger partial charge in [-0.25, -0.2) is 13.6 Å². The molecule has 14 heavy (non-hydrogen) atoms. The summed E-state index contributed by atoms with van der Waals surface area (Å²) in [5, 5.41) is 8.09. The summed E-state index contributed by atoms with van der Waals surface area (Å²) in [6.45, 7) is 4.94. The van der Waals surface area contributed by atoms with Gasteiger partial charge in [0.1, 0.15) is 0 Å². The molecular weight excluding hydrogens is 200 g/mol. The zero-order chi connectivity index (χ0) is 10.8. The Morgan fingerprint density at radius 1 is 1.43 bits per heavy atom. The van der Waals surface area contributed by atoms with E-state index in [0.29, 0.717) is 12.6 Å². The van der Waals surface area contributed by atoms with Crippen LogP contribution < -0.4 is 10.5 Å². The Labute approximate surface area is 86.3 Å². The minimum Gasteiger partial charge on any atom is -0.313 e. The monoisotopic (exact) mass is 220 g/mol. The van der Waals surface area contributed by atoms with Gasteiger partial charge in [0.25, 0.3) is 0 Å². The fraction of sp³-hybridized carbons (Fsp3) is 1.00. The molecule has 0 aromatic carbocycles. The van der Waals surface area contributed by atoms with E-state index in [4.69, 9.17) is 5.14 Å². The van der Waals surface area contributed by atoms with Crippen molar-refractivity contribution in [1.29, 1.82) is 0 Å². The van der Waals surface area contributed by atoms with Crippen LogP contribution in [0.2, 0.25) is 0 Å². The van der Waals surface area contributed by atoms with E-state index in [-0.39, 0.29) is 5.75 Å². The molecule has 3 N–H and O–H groups in total. The van der Waals surface area contributed by atoms with E-state index in [0.717, 1.165) is 11.8 Å². The minimum absolute atomic E-state index is 0.0375. The van der Waals surface area contributed by atoms with Crippen molar-refractivity contribution in [2.45, 2.75) is 32.7 Å². The van der Waals surface area contributed by atoms with Gasteiger partial charge < -0.3 is 5.32 Å². The molecule has 1 aliphatic carbocycles. The molecule has 0 saturated heterocycles. The van der Waals surface area contributed by atoms with Crippen LogP contribution in [0.4, 0.5) is 0 Å². The van der Waals surface area contributed by atoms with Crippen LogP contribution in [0.3, 0.4) is 0 Å². The Balaban J connectivity index is 2.07. The molecule has 84 valence electrons. The van der Waals surface area contributed by atoms with Crippen molar-refractivity contribution in [2.24, 2.45) is 17.0 Å². The van der Waals surface area contributed by atoms with Gasteiger partial charge in [-0.1, -0.05) is 13.8 Å². The largest absolute Gasteiger partial charge is 0.313 e. The first-order valence-corrected chi connectivity index (χ1v) is 6.84. The SMILES string of the molecule is CC(C)C1CC(NCCS(N)(=O)=O)C1. The van der Waals surface area contributed by atoms with Crippen LogP contribution in [0.5, 0.6) is 0 Å². The maximum absolute atomic E-state index is 10.6. The van der Waals surface area contributed by atoms with Gasteiger partial charge >= 0.3 is 0 Å². The van der Waals surface area contributed by atoms with Gasteiger partial charge in [-0.2, -0.15) is 0 Å². The van der Waals surface area contributed by atoms with Gasteiger partial charge in [0.2, 0.25) is 10.0 Å². The fourth-order valence-electron chi connectivity index (χ4n) is 1.78. The second-order valence-corrected chi connectivity index (χ2v) is 6.23. The molecule has 0 radical (unpaired) electrons. The van der Waals surface area contributed by atoms with E-state index in [1.165, 1.54) is 12.8 Å². The summed E-state index contributed by atoms with van der Waals surface area (Å²) in [7, 11) is -3.30. The summed E-state index contributed by atoms with van der Waals surface area (Å²) in [5.74, 6) is 1.59. The summed E-state index contributed by atoms with van der Waals surface area (Å²) in [5.41, 5.74) is 0. The quantitative estimate of drug-likeness (QED) is 0.700. The lowest BCUT2D eigenvalue weighted by Gasteiger charge is -2.38. The fourth-order valence-corrected chi connectivity index (χ4v) is 2.18. The van der Waals surface area contributed by atoms with Crippen molar-refractivity contribution in [3.63, 3.8) is 0 Å². The van der Waals surface area contributed by atoms with Crippen molar-refractivity contribution in [2.75, 3.05) is 12.3 Å².